The van der Waals surface area contributed by atoms with Gasteiger partial charge >= 0.3 is 6.36 Å². The number of alkyl halides is 3. The monoisotopic (exact) mass is 484 g/mol. The van der Waals surface area contributed by atoms with E-state index in [9.17, 15) is 27.9 Å². The van der Waals surface area contributed by atoms with Crippen LogP contribution in [0.3, 0.4) is 0 Å². The number of aliphatic hydroxyl groups is 1. The molecule has 1 aliphatic rings. The number of ether oxygens (including phenoxy) is 2. The minimum Gasteiger partial charge on any atom is -0.507 e. The summed E-state index contributed by atoms with van der Waals surface area (Å²) in [5, 5.41) is 11.2. The maximum Gasteiger partial charge on any atom is 0.573 e. The van der Waals surface area contributed by atoms with Crippen molar-refractivity contribution in [3.63, 3.8) is 0 Å². The first-order valence-electron chi connectivity index (χ1n) is 10.3. The molecule has 7 nitrogen and oxygen atoms in total. The van der Waals surface area contributed by atoms with Crippen LogP contribution in [-0.4, -0.2) is 35.3 Å². The van der Waals surface area contributed by atoms with E-state index in [1.54, 1.807) is 37.3 Å². The van der Waals surface area contributed by atoms with E-state index in [2.05, 4.69) is 9.72 Å². The Kier molecular flexibility index (Phi) is 6.21. The Balaban J connectivity index is 1.90. The summed E-state index contributed by atoms with van der Waals surface area (Å²) in [6.45, 7) is 1.70. The van der Waals surface area contributed by atoms with Gasteiger partial charge in [-0.2, -0.15) is 0 Å². The SMILES string of the molecule is COc1ccc(/C(O)=C2/C(=O)C(=O)N(c3cccc(OC(F)(F)F)c3)C2c2ccncc2)c(C)c1. The first kappa shape index (κ1) is 23.8. The lowest BCUT2D eigenvalue weighted by atomic mass is 9.94. The third kappa shape index (κ3) is 4.68. The van der Waals surface area contributed by atoms with Gasteiger partial charge in [0.2, 0.25) is 0 Å². The number of Topliss-reactive ketones (excluding diaryl/α,β-unsaturated/α-hetero) is 1. The van der Waals surface area contributed by atoms with Crippen molar-refractivity contribution in [2.75, 3.05) is 12.0 Å². The lowest BCUT2D eigenvalue weighted by Gasteiger charge is -2.26. The van der Waals surface area contributed by atoms with Gasteiger partial charge in [-0.05, 0) is 60.5 Å². The van der Waals surface area contributed by atoms with Crippen LogP contribution in [0.5, 0.6) is 11.5 Å². The number of rotatable bonds is 5. The summed E-state index contributed by atoms with van der Waals surface area (Å²) < 4.78 is 47.5. The van der Waals surface area contributed by atoms with E-state index in [0.717, 1.165) is 17.0 Å². The molecule has 1 aromatic heterocycles. The lowest BCUT2D eigenvalue weighted by Crippen LogP contribution is -2.29. The van der Waals surface area contributed by atoms with Gasteiger partial charge in [-0.25, -0.2) is 0 Å². The number of carbonyl (C=O) groups is 2. The largest absolute Gasteiger partial charge is 0.573 e. The van der Waals surface area contributed by atoms with Crippen LogP contribution in [0.15, 0.2) is 72.6 Å². The van der Waals surface area contributed by atoms with Crippen LogP contribution < -0.4 is 14.4 Å². The number of ketones is 1. The molecule has 0 radical (unpaired) electrons. The van der Waals surface area contributed by atoms with Gasteiger partial charge in [0.05, 0.1) is 18.7 Å². The molecule has 180 valence electrons. The molecule has 0 aliphatic carbocycles. The molecule has 10 heteroatoms. The van der Waals surface area contributed by atoms with Crippen LogP contribution in [-0.2, 0) is 9.59 Å². The molecule has 1 saturated heterocycles. The number of halogens is 3. The molecule has 35 heavy (non-hydrogen) atoms. The van der Waals surface area contributed by atoms with Crippen molar-refractivity contribution in [2.45, 2.75) is 19.3 Å². The molecule has 4 rings (SSSR count). The maximum absolute atomic E-state index is 13.2. The van der Waals surface area contributed by atoms with Gasteiger partial charge in [-0.3, -0.25) is 19.5 Å². The number of hydrogen-bond acceptors (Lipinski definition) is 6. The predicted octanol–water partition coefficient (Wildman–Crippen LogP) is 4.92. The Morgan fingerprint density at radius 3 is 2.37 bits per heavy atom. The van der Waals surface area contributed by atoms with Crippen molar-refractivity contribution in [2.24, 2.45) is 0 Å². The number of pyridine rings is 1. The average Bonchev–Trinajstić information content (AvgIpc) is 3.08. The number of aromatic nitrogens is 1. The minimum absolute atomic E-state index is 0.0128. The number of hydrogen-bond donors (Lipinski definition) is 1. The molecule has 1 fully saturated rings. The number of benzene rings is 2. The second-order valence-electron chi connectivity index (χ2n) is 7.68. The molecule has 0 saturated carbocycles. The van der Waals surface area contributed by atoms with E-state index >= 15 is 0 Å². The van der Waals surface area contributed by atoms with Gasteiger partial charge in [-0.1, -0.05) is 6.07 Å². The molecule has 1 atom stereocenters. The molecular weight excluding hydrogens is 465 g/mol. The summed E-state index contributed by atoms with van der Waals surface area (Å²) in [4.78, 5) is 31.3. The van der Waals surface area contributed by atoms with E-state index in [0.29, 0.717) is 22.4 Å². The van der Waals surface area contributed by atoms with E-state index in [1.165, 1.54) is 31.6 Å². The molecule has 1 aliphatic heterocycles. The molecule has 0 bridgehead atoms. The van der Waals surface area contributed by atoms with Gasteiger partial charge < -0.3 is 14.6 Å². The Bertz CT molecular complexity index is 1320. The summed E-state index contributed by atoms with van der Waals surface area (Å²) in [6, 6.07) is 11.5. The highest BCUT2D eigenvalue weighted by Crippen LogP contribution is 2.43. The van der Waals surface area contributed by atoms with Crippen LogP contribution in [0.2, 0.25) is 0 Å². The number of nitrogens with zero attached hydrogens (tertiary/aromatic N) is 2. The quantitative estimate of drug-likeness (QED) is 0.314. The van der Waals surface area contributed by atoms with Crippen molar-refractivity contribution in [3.8, 4) is 11.5 Å². The minimum atomic E-state index is -4.94. The number of carbonyl (C=O) groups excluding carboxylic acids is 2. The molecule has 3 aromatic rings. The van der Waals surface area contributed by atoms with Crippen molar-refractivity contribution >= 4 is 23.1 Å². The molecule has 2 aromatic carbocycles. The summed E-state index contributed by atoms with van der Waals surface area (Å²) in [5.41, 5.74) is 1.09. The fourth-order valence-electron chi connectivity index (χ4n) is 3.96. The molecular formula is C25H19F3N2O5. The zero-order valence-corrected chi connectivity index (χ0v) is 18.5. The van der Waals surface area contributed by atoms with Gasteiger partial charge in [0, 0.05) is 29.7 Å². The van der Waals surface area contributed by atoms with Crippen LogP contribution in [0.1, 0.15) is 22.7 Å². The third-order valence-electron chi connectivity index (χ3n) is 5.48. The third-order valence-corrected chi connectivity index (χ3v) is 5.48. The highest BCUT2D eigenvalue weighted by atomic mass is 19.4. The summed E-state index contributed by atoms with van der Waals surface area (Å²) >= 11 is 0. The molecule has 2 heterocycles. The summed E-state index contributed by atoms with van der Waals surface area (Å²) in [6.07, 6.45) is -2.06. The van der Waals surface area contributed by atoms with Crippen molar-refractivity contribution in [1.82, 2.24) is 4.98 Å². The topological polar surface area (TPSA) is 89.0 Å². The van der Waals surface area contributed by atoms with E-state index in [1.807, 2.05) is 0 Å². The fraction of sp³-hybridized carbons (Fsp3) is 0.160. The number of anilines is 1. The molecule has 0 spiro atoms. The standard InChI is InChI=1S/C25H19F3N2O5/c1-14-12-17(34-2)6-7-19(14)22(31)20-21(15-8-10-29-11-9-15)30(24(33)23(20)32)16-4-3-5-18(13-16)35-25(26,27)28/h3-13,21,31H,1-2H3/b22-20-. The van der Waals surface area contributed by atoms with E-state index < -0.39 is 35.6 Å². The zero-order chi connectivity index (χ0) is 25.3. The Morgan fingerprint density at radius 1 is 1.03 bits per heavy atom. The van der Waals surface area contributed by atoms with Gasteiger partial charge in [0.1, 0.15) is 17.3 Å². The maximum atomic E-state index is 13.2. The van der Waals surface area contributed by atoms with Crippen molar-refractivity contribution in [3.05, 3.63) is 89.3 Å². The average molecular weight is 484 g/mol. The number of aryl methyl sites for hydroxylation is 1. The summed E-state index contributed by atoms with van der Waals surface area (Å²) in [5.74, 6) is -2.44. The Hall–Kier alpha value is -4.34. The van der Waals surface area contributed by atoms with Crippen molar-refractivity contribution < 1.29 is 37.3 Å². The number of methoxy groups -OCH3 is 1. The highest BCUT2D eigenvalue weighted by molar-refractivity contribution is 6.51. The highest BCUT2D eigenvalue weighted by Gasteiger charge is 2.47. The van der Waals surface area contributed by atoms with Gasteiger partial charge in [-0.15, -0.1) is 13.2 Å². The Labute approximate surface area is 198 Å². The van der Waals surface area contributed by atoms with Crippen LogP contribution in [0.4, 0.5) is 18.9 Å². The van der Waals surface area contributed by atoms with Crippen LogP contribution in [0.25, 0.3) is 5.76 Å². The van der Waals surface area contributed by atoms with E-state index in [-0.39, 0.29) is 11.3 Å². The number of aliphatic hydroxyl groups excluding tert-OH is 1. The van der Waals surface area contributed by atoms with Crippen molar-refractivity contribution in [1.29, 1.82) is 0 Å². The normalized spacial score (nSPS) is 17.5. The number of amides is 1. The first-order chi connectivity index (χ1) is 16.6. The molecule has 1 unspecified atom stereocenters. The zero-order valence-electron chi connectivity index (χ0n) is 18.5. The predicted molar refractivity (Wildman–Crippen MR) is 120 cm³/mol. The van der Waals surface area contributed by atoms with Crippen LogP contribution in [0, 0.1) is 6.92 Å². The lowest BCUT2D eigenvalue weighted by molar-refractivity contribution is -0.274. The Morgan fingerprint density at radius 2 is 1.74 bits per heavy atom. The molecule has 1 N–H and O–H groups in total. The van der Waals surface area contributed by atoms with E-state index in [4.69, 9.17) is 4.74 Å². The fourth-order valence-corrected chi connectivity index (χ4v) is 3.96. The first-order valence-corrected chi connectivity index (χ1v) is 10.3. The van der Waals surface area contributed by atoms with Gasteiger partial charge in [0.15, 0.2) is 0 Å². The second kappa shape index (κ2) is 9.13. The second-order valence-corrected chi connectivity index (χ2v) is 7.68. The smallest absolute Gasteiger partial charge is 0.507 e. The van der Waals surface area contributed by atoms with Gasteiger partial charge in [0.25, 0.3) is 11.7 Å². The summed E-state index contributed by atoms with van der Waals surface area (Å²) in [7, 11) is 1.49. The van der Waals surface area contributed by atoms with Crippen LogP contribution >= 0.6 is 0 Å². The molecule has 1 amide bonds.